The molecule has 1 aromatic carbocycles. The third-order valence-corrected chi connectivity index (χ3v) is 3.19. The van der Waals surface area contributed by atoms with E-state index in [0.29, 0.717) is 21.5 Å². The van der Waals surface area contributed by atoms with E-state index in [0.717, 1.165) is 0 Å². The molecule has 0 bridgehead atoms. The van der Waals surface area contributed by atoms with Gasteiger partial charge in [-0.25, -0.2) is 9.78 Å². The second-order valence-electron chi connectivity index (χ2n) is 4.23. The Hall–Kier alpha value is -2.14. The number of methoxy groups -OCH3 is 1. The van der Waals surface area contributed by atoms with Gasteiger partial charge in [0.1, 0.15) is 11.2 Å². The topological polar surface area (TPSA) is 68.3 Å². The van der Waals surface area contributed by atoms with Crippen molar-refractivity contribution < 1.29 is 14.3 Å². The van der Waals surface area contributed by atoms with Crippen LogP contribution >= 0.6 is 11.6 Å². The smallest absolute Gasteiger partial charge is 0.328 e. The Morgan fingerprint density at radius 2 is 1.95 bits per heavy atom. The first-order valence-corrected chi connectivity index (χ1v) is 6.34. The maximum atomic E-state index is 12.2. The number of benzene rings is 1. The predicted octanol–water partition coefficient (Wildman–Crippen LogP) is 2.18. The molecule has 20 heavy (non-hydrogen) atoms. The van der Waals surface area contributed by atoms with Crippen LogP contribution in [0.15, 0.2) is 30.5 Å². The fourth-order valence-electron chi connectivity index (χ4n) is 1.85. The molecule has 0 fully saturated rings. The molecule has 2 rings (SSSR count). The van der Waals surface area contributed by atoms with Crippen molar-refractivity contribution in [1.82, 2.24) is 10.3 Å². The average molecular weight is 293 g/mol. The van der Waals surface area contributed by atoms with Gasteiger partial charge in [-0.15, -0.1) is 0 Å². The van der Waals surface area contributed by atoms with E-state index in [9.17, 15) is 9.59 Å². The first-order valence-electron chi connectivity index (χ1n) is 5.96. The Bertz CT molecular complexity index is 673. The van der Waals surface area contributed by atoms with Gasteiger partial charge in [-0.1, -0.05) is 35.9 Å². The number of pyridine rings is 1. The van der Waals surface area contributed by atoms with Crippen molar-refractivity contribution >= 4 is 34.2 Å². The molecular formula is C14H13ClN2O3. The molecule has 0 aliphatic rings. The third kappa shape index (κ3) is 2.72. The quantitative estimate of drug-likeness (QED) is 0.695. The second kappa shape index (κ2) is 5.88. The van der Waals surface area contributed by atoms with Gasteiger partial charge in [0, 0.05) is 11.6 Å². The molecule has 0 aliphatic carbocycles. The number of hydrogen-bond acceptors (Lipinski definition) is 4. The zero-order valence-corrected chi connectivity index (χ0v) is 11.8. The number of carbonyl (C=O) groups is 2. The van der Waals surface area contributed by atoms with Gasteiger partial charge in [-0.2, -0.15) is 0 Å². The number of nitrogens with zero attached hydrogens (tertiary/aromatic N) is 1. The number of halogens is 1. The summed E-state index contributed by atoms with van der Waals surface area (Å²) in [6, 6.07) is 6.45. The lowest BCUT2D eigenvalue weighted by Crippen LogP contribution is -2.39. The van der Waals surface area contributed by atoms with E-state index in [1.165, 1.54) is 13.3 Å². The van der Waals surface area contributed by atoms with Crippen LogP contribution in [0.4, 0.5) is 0 Å². The van der Waals surface area contributed by atoms with Crippen LogP contribution in [0.1, 0.15) is 17.3 Å². The molecule has 0 aliphatic heterocycles. The Labute approximate surface area is 120 Å². The highest BCUT2D eigenvalue weighted by molar-refractivity contribution is 6.34. The fourth-order valence-corrected chi connectivity index (χ4v) is 2.06. The number of ether oxygens (including phenoxy) is 1. The van der Waals surface area contributed by atoms with Crippen LogP contribution in [0.5, 0.6) is 0 Å². The molecular weight excluding hydrogens is 280 g/mol. The van der Waals surface area contributed by atoms with Gasteiger partial charge < -0.3 is 10.1 Å². The van der Waals surface area contributed by atoms with E-state index in [4.69, 9.17) is 11.6 Å². The molecule has 2 aromatic rings. The summed E-state index contributed by atoms with van der Waals surface area (Å²) in [7, 11) is 1.27. The van der Waals surface area contributed by atoms with E-state index in [1.807, 2.05) is 6.07 Å². The zero-order valence-electron chi connectivity index (χ0n) is 11.0. The Balaban J connectivity index is 2.36. The molecule has 0 unspecified atom stereocenters. The van der Waals surface area contributed by atoms with E-state index >= 15 is 0 Å². The molecule has 1 N–H and O–H groups in total. The van der Waals surface area contributed by atoms with Crippen LogP contribution in [0, 0.1) is 0 Å². The second-order valence-corrected chi connectivity index (χ2v) is 4.58. The number of hydrogen-bond donors (Lipinski definition) is 1. The Kier molecular flexibility index (Phi) is 4.20. The number of esters is 1. The molecule has 0 spiro atoms. The molecule has 1 amide bonds. The molecule has 5 nitrogen and oxygen atoms in total. The van der Waals surface area contributed by atoms with Gasteiger partial charge in [0.15, 0.2) is 0 Å². The van der Waals surface area contributed by atoms with Gasteiger partial charge in [0.05, 0.1) is 12.7 Å². The minimum atomic E-state index is -0.734. The summed E-state index contributed by atoms with van der Waals surface area (Å²) in [6.45, 7) is 1.55. The maximum absolute atomic E-state index is 12.2. The minimum absolute atomic E-state index is 0.332. The van der Waals surface area contributed by atoms with Crippen molar-refractivity contribution in [3.8, 4) is 0 Å². The van der Waals surface area contributed by atoms with Crippen molar-refractivity contribution in [1.29, 1.82) is 0 Å². The number of aromatic nitrogens is 1. The summed E-state index contributed by atoms with van der Waals surface area (Å²) in [5.41, 5.74) is 0.362. The minimum Gasteiger partial charge on any atom is -0.467 e. The number of nitrogens with one attached hydrogen (secondary N) is 1. The molecule has 1 aromatic heterocycles. The molecule has 1 heterocycles. The molecule has 6 heteroatoms. The standard InChI is InChI=1S/C14H13ClN2O3/c1-8(14(19)20-2)17-13(18)11-7-16-12(15)10-6-4-3-5-9(10)11/h3-8H,1-2H3,(H,17,18)/t8-/m0/s1. The lowest BCUT2D eigenvalue weighted by Gasteiger charge is -2.12. The lowest BCUT2D eigenvalue weighted by molar-refractivity contribution is -0.142. The molecule has 1 atom stereocenters. The zero-order chi connectivity index (χ0) is 14.7. The maximum Gasteiger partial charge on any atom is 0.328 e. The number of amides is 1. The highest BCUT2D eigenvalue weighted by atomic mass is 35.5. The van der Waals surface area contributed by atoms with Crippen LogP contribution < -0.4 is 5.32 Å². The van der Waals surface area contributed by atoms with E-state index in [2.05, 4.69) is 15.0 Å². The lowest BCUT2D eigenvalue weighted by atomic mass is 10.1. The number of carbonyl (C=O) groups excluding carboxylic acids is 2. The summed E-state index contributed by atoms with van der Waals surface area (Å²) < 4.78 is 4.56. The van der Waals surface area contributed by atoms with Crippen molar-refractivity contribution in [2.45, 2.75) is 13.0 Å². The Morgan fingerprint density at radius 1 is 1.30 bits per heavy atom. The van der Waals surface area contributed by atoms with E-state index in [1.54, 1.807) is 25.1 Å². The summed E-state index contributed by atoms with van der Waals surface area (Å²) in [5, 5.41) is 4.26. The predicted molar refractivity (Wildman–Crippen MR) is 75.7 cm³/mol. The van der Waals surface area contributed by atoms with Crippen molar-refractivity contribution in [3.05, 3.63) is 41.2 Å². The summed E-state index contributed by atoms with van der Waals surface area (Å²) in [5.74, 6) is -0.909. The van der Waals surface area contributed by atoms with Crippen LogP contribution in [-0.2, 0) is 9.53 Å². The van der Waals surface area contributed by atoms with E-state index < -0.39 is 17.9 Å². The van der Waals surface area contributed by atoms with Crippen molar-refractivity contribution in [3.63, 3.8) is 0 Å². The van der Waals surface area contributed by atoms with Gasteiger partial charge in [0.2, 0.25) is 0 Å². The average Bonchev–Trinajstić information content (AvgIpc) is 2.46. The SMILES string of the molecule is COC(=O)[C@H](C)NC(=O)c1cnc(Cl)c2ccccc12. The van der Waals surface area contributed by atoms with E-state index in [-0.39, 0.29) is 0 Å². The monoisotopic (exact) mass is 292 g/mol. The normalized spacial score (nSPS) is 11.9. The van der Waals surface area contributed by atoms with Crippen LogP contribution in [0.25, 0.3) is 10.8 Å². The first-order chi connectivity index (χ1) is 9.54. The van der Waals surface area contributed by atoms with Gasteiger partial charge >= 0.3 is 5.97 Å². The highest BCUT2D eigenvalue weighted by Crippen LogP contribution is 2.24. The largest absolute Gasteiger partial charge is 0.467 e. The van der Waals surface area contributed by atoms with Gasteiger partial charge in [-0.3, -0.25) is 4.79 Å². The number of fused-ring (bicyclic) bond motifs is 1. The number of rotatable bonds is 3. The third-order valence-electron chi connectivity index (χ3n) is 2.89. The van der Waals surface area contributed by atoms with Crippen molar-refractivity contribution in [2.75, 3.05) is 7.11 Å². The van der Waals surface area contributed by atoms with Crippen LogP contribution in [-0.4, -0.2) is 30.0 Å². The summed E-state index contributed by atoms with van der Waals surface area (Å²) in [6.07, 6.45) is 1.39. The van der Waals surface area contributed by atoms with Gasteiger partial charge in [0.25, 0.3) is 5.91 Å². The summed E-state index contributed by atoms with van der Waals surface area (Å²) in [4.78, 5) is 27.5. The fraction of sp³-hybridized carbons (Fsp3) is 0.214. The first kappa shape index (κ1) is 14.3. The molecule has 104 valence electrons. The Morgan fingerprint density at radius 3 is 2.60 bits per heavy atom. The van der Waals surface area contributed by atoms with Crippen LogP contribution in [0.2, 0.25) is 5.15 Å². The molecule has 0 radical (unpaired) electrons. The molecule has 0 saturated heterocycles. The van der Waals surface area contributed by atoms with Gasteiger partial charge in [-0.05, 0) is 12.3 Å². The van der Waals surface area contributed by atoms with Crippen molar-refractivity contribution in [2.24, 2.45) is 0 Å². The molecule has 0 saturated carbocycles. The summed E-state index contributed by atoms with van der Waals surface area (Å²) >= 11 is 6.00. The van der Waals surface area contributed by atoms with Crippen LogP contribution in [0.3, 0.4) is 0 Å². The highest BCUT2D eigenvalue weighted by Gasteiger charge is 2.19.